The van der Waals surface area contributed by atoms with Gasteiger partial charge in [0.1, 0.15) is 11.9 Å². The highest BCUT2D eigenvalue weighted by Crippen LogP contribution is 2.35. The van der Waals surface area contributed by atoms with Crippen molar-refractivity contribution in [3.8, 4) is 6.07 Å². The summed E-state index contributed by atoms with van der Waals surface area (Å²) in [5.41, 5.74) is 0.321. The summed E-state index contributed by atoms with van der Waals surface area (Å²) < 4.78 is 0. The highest BCUT2D eigenvalue weighted by Gasteiger charge is 2.33. The van der Waals surface area contributed by atoms with Crippen LogP contribution in [0, 0.1) is 23.2 Å². The third-order valence-corrected chi connectivity index (χ3v) is 4.19. The zero-order chi connectivity index (χ0) is 12.5. The van der Waals surface area contributed by atoms with E-state index in [0.717, 1.165) is 30.7 Å². The molecule has 0 saturated carbocycles. The van der Waals surface area contributed by atoms with Crippen molar-refractivity contribution in [2.45, 2.75) is 12.8 Å². The van der Waals surface area contributed by atoms with Crippen LogP contribution in [0.25, 0.3) is 0 Å². The second-order valence-electron chi connectivity index (χ2n) is 4.98. The first-order valence-electron chi connectivity index (χ1n) is 6.24. The maximum absolute atomic E-state index is 8.97. The van der Waals surface area contributed by atoms with Crippen LogP contribution in [0.5, 0.6) is 0 Å². The van der Waals surface area contributed by atoms with Gasteiger partial charge < -0.3 is 4.90 Å². The highest BCUT2D eigenvalue weighted by molar-refractivity contribution is 6.31. The SMILES string of the molecule is N#Cc1nc(N2CC3CC=CCC3C2)ccc1Cl. The minimum atomic E-state index is 0.321. The number of hydrogen-bond acceptors (Lipinski definition) is 3. The van der Waals surface area contributed by atoms with Crippen molar-refractivity contribution in [1.82, 2.24) is 4.98 Å². The topological polar surface area (TPSA) is 39.9 Å². The third-order valence-electron chi connectivity index (χ3n) is 3.88. The van der Waals surface area contributed by atoms with Crippen molar-refractivity contribution in [3.05, 3.63) is 35.0 Å². The average Bonchev–Trinajstić information content (AvgIpc) is 2.83. The maximum atomic E-state index is 8.97. The molecule has 2 atom stereocenters. The molecule has 1 saturated heterocycles. The van der Waals surface area contributed by atoms with Gasteiger partial charge in [-0.2, -0.15) is 5.26 Å². The summed E-state index contributed by atoms with van der Waals surface area (Å²) in [6.45, 7) is 2.07. The number of fused-ring (bicyclic) bond motifs is 1. The van der Waals surface area contributed by atoms with E-state index in [1.54, 1.807) is 6.07 Å². The largest absolute Gasteiger partial charge is 0.356 e. The zero-order valence-electron chi connectivity index (χ0n) is 10.0. The Morgan fingerprint density at radius 2 is 1.89 bits per heavy atom. The normalized spacial score (nSPS) is 25.9. The molecule has 0 spiro atoms. The van der Waals surface area contributed by atoms with Crippen LogP contribution in [0.1, 0.15) is 18.5 Å². The molecule has 92 valence electrons. The van der Waals surface area contributed by atoms with Crippen molar-refractivity contribution in [3.63, 3.8) is 0 Å². The summed E-state index contributed by atoms with van der Waals surface area (Å²) in [6.07, 6.45) is 6.89. The van der Waals surface area contributed by atoms with Crippen molar-refractivity contribution in [2.24, 2.45) is 11.8 Å². The van der Waals surface area contributed by atoms with Gasteiger partial charge in [-0.15, -0.1) is 0 Å². The van der Waals surface area contributed by atoms with E-state index in [9.17, 15) is 0 Å². The first-order valence-corrected chi connectivity index (χ1v) is 6.62. The van der Waals surface area contributed by atoms with E-state index < -0.39 is 0 Å². The molecule has 0 bridgehead atoms. The number of pyridine rings is 1. The van der Waals surface area contributed by atoms with Crippen LogP contribution in [0.4, 0.5) is 5.82 Å². The first kappa shape index (κ1) is 11.6. The van der Waals surface area contributed by atoms with Crippen LogP contribution < -0.4 is 4.90 Å². The van der Waals surface area contributed by atoms with Crippen molar-refractivity contribution in [2.75, 3.05) is 18.0 Å². The molecular formula is C14H14ClN3. The van der Waals surface area contributed by atoms with Gasteiger partial charge in [-0.25, -0.2) is 4.98 Å². The van der Waals surface area contributed by atoms with Crippen LogP contribution in [0.15, 0.2) is 24.3 Å². The van der Waals surface area contributed by atoms with E-state index in [1.165, 1.54) is 12.8 Å². The summed E-state index contributed by atoms with van der Waals surface area (Å²) in [4.78, 5) is 6.62. The molecule has 1 fully saturated rings. The molecule has 18 heavy (non-hydrogen) atoms. The number of halogens is 1. The Morgan fingerprint density at radius 3 is 2.50 bits per heavy atom. The summed E-state index contributed by atoms with van der Waals surface area (Å²) in [5.74, 6) is 2.35. The molecule has 0 N–H and O–H groups in total. The Hall–Kier alpha value is -1.53. The summed E-state index contributed by atoms with van der Waals surface area (Å²) in [5, 5.41) is 9.40. The fourth-order valence-electron chi connectivity index (χ4n) is 2.89. The lowest BCUT2D eigenvalue weighted by Crippen LogP contribution is -2.21. The van der Waals surface area contributed by atoms with Crippen molar-refractivity contribution < 1.29 is 0 Å². The Balaban J connectivity index is 1.83. The highest BCUT2D eigenvalue weighted by atomic mass is 35.5. The molecule has 2 unspecified atom stereocenters. The van der Waals surface area contributed by atoms with Gasteiger partial charge >= 0.3 is 0 Å². The monoisotopic (exact) mass is 259 g/mol. The number of allylic oxidation sites excluding steroid dienone is 2. The van der Waals surface area contributed by atoms with Gasteiger partial charge in [-0.1, -0.05) is 23.8 Å². The number of hydrogen-bond donors (Lipinski definition) is 0. The predicted molar refractivity (Wildman–Crippen MR) is 71.5 cm³/mol. The Bertz CT molecular complexity index is 516. The minimum Gasteiger partial charge on any atom is -0.356 e. The lowest BCUT2D eigenvalue weighted by molar-refractivity contribution is 0.411. The fourth-order valence-corrected chi connectivity index (χ4v) is 3.04. The lowest BCUT2D eigenvalue weighted by atomic mass is 9.86. The van der Waals surface area contributed by atoms with Gasteiger partial charge in [-0.05, 0) is 36.8 Å². The summed E-state index contributed by atoms with van der Waals surface area (Å²) in [7, 11) is 0. The number of rotatable bonds is 1. The number of nitriles is 1. The second kappa shape index (κ2) is 4.62. The number of aromatic nitrogens is 1. The van der Waals surface area contributed by atoms with Gasteiger partial charge in [0.05, 0.1) is 5.02 Å². The van der Waals surface area contributed by atoms with Crippen LogP contribution in [-0.4, -0.2) is 18.1 Å². The van der Waals surface area contributed by atoms with E-state index in [0.29, 0.717) is 10.7 Å². The minimum absolute atomic E-state index is 0.321. The van der Waals surface area contributed by atoms with Crippen molar-refractivity contribution in [1.29, 1.82) is 5.26 Å². The molecule has 4 heteroatoms. The average molecular weight is 260 g/mol. The predicted octanol–water partition coefficient (Wildman–Crippen LogP) is 3.01. The van der Waals surface area contributed by atoms with Gasteiger partial charge in [0.2, 0.25) is 0 Å². The summed E-state index contributed by atoms with van der Waals surface area (Å²) >= 11 is 5.91. The van der Waals surface area contributed by atoms with Gasteiger partial charge in [0.25, 0.3) is 0 Å². The molecule has 2 aliphatic rings. The Morgan fingerprint density at radius 1 is 1.22 bits per heavy atom. The molecule has 1 aliphatic carbocycles. The van der Waals surface area contributed by atoms with Gasteiger partial charge in [0, 0.05) is 13.1 Å². The molecule has 3 nitrogen and oxygen atoms in total. The molecule has 2 heterocycles. The van der Waals surface area contributed by atoms with Crippen LogP contribution in [0.2, 0.25) is 5.02 Å². The van der Waals surface area contributed by atoms with Gasteiger partial charge in [-0.3, -0.25) is 0 Å². The quantitative estimate of drug-likeness (QED) is 0.728. The van der Waals surface area contributed by atoms with Crippen LogP contribution in [-0.2, 0) is 0 Å². The third kappa shape index (κ3) is 1.97. The molecule has 0 radical (unpaired) electrons. The van der Waals surface area contributed by atoms with E-state index in [4.69, 9.17) is 16.9 Å². The lowest BCUT2D eigenvalue weighted by Gasteiger charge is -2.17. The van der Waals surface area contributed by atoms with Crippen LogP contribution >= 0.6 is 11.6 Å². The fraction of sp³-hybridized carbons (Fsp3) is 0.429. The molecule has 0 aromatic carbocycles. The molecular weight excluding hydrogens is 246 g/mol. The molecule has 0 amide bonds. The van der Waals surface area contributed by atoms with Gasteiger partial charge in [0.15, 0.2) is 5.69 Å². The first-order chi connectivity index (χ1) is 8.78. The molecule has 3 rings (SSSR count). The molecule has 1 aromatic rings. The molecule has 1 aliphatic heterocycles. The summed E-state index contributed by atoms with van der Waals surface area (Å²) in [6, 6.07) is 5.72. The standard InChI is InChI=1S/C14H14ClN3/c15-12-5-6-14(17-13(12)7-16)18-8-10-3-1-2-4-11(10)9-18/h1-2,5-6,10-11H,3-4,8-9H2. The molecule has 1 aromatic heterocycles. The maximum Gasteiger partial charge on any atom is 0.161 e. The Kier molecular flexibility index (Phi) is 2.97. The van der Waals surface area contributed by atoms with E-state index in [2.05, 4.69) is 22.0 Å². The number of anilines is 1. The Labute approximate surface area is 112 Å². The second-order valence-corrected chi connectivity index (χ2v) is 5.39. The zero-order valence-corrected chi connectivity index (χ0v) is 10.8. The number of nitrogens with zero attached hydrogens (tertiary/aromatic N) is 3. The van der Waals surface area contributed by atoms with Crippen molar-refractivity contribution >= 4 is 17.4 Å². The van der Waals surface area contributed by atoms with E-state index in [1.807, 2.05) is 12.1 Å². The van der Waals surface area contributed by atoms with Crippen LogP contribution in [0.3, 0.4) is 0 Å². The van der Waals surface area contributed by atoms with E-state index in [-0.39, 0.29) is 0 Å². The van der Waals surface area contributed by atoms with E-state index >= 15 is 0 Å². The smallest absolute Gasteiger partial charge is 0.161 e.